The van der Waals surface area contributed by atoms with Crippen LogP contribution in [0.4, 0.5) is 4.79 Å². The first-order valence-corrected chi connectivity index (χ1v) is 6.46. The van der Waals surface area contributed by atoms with Crippen molar-refractivity contribution >= 4 is 36.3 Å². The van der Waals surface area contributed by atoms with Crippen LogP contribution in [0.3, 0.4) is 0 Å². The lowest BCUT2D eigenvalue weighted by Crippen LogP contribution is -2.27. The largest absolute Gasteiger partial charge is 0.465 e. The summed E-state index contributed by atoms with van der Waals surface area (Å²) in [6.07, 6.45) is 0.954. The molecule has 0 aliphatic carbocycles. The molecule has 1 heterocycles. The van der Waals surface area contributed by atoms with Crippen molar-refractivity contribution < 1.29 is 19.1 Å². The van der Waals surface area contributed by atoms with E-state index in [2.05, 4.69) is 0 Å². The molecule has 108 valence electrons. The van der Waals surface area contributed by atoms with E-state index in [1.807, 2.05) is 0 Å². The van der Waals surface area contributed by atoms with E-state index in [4.69, 9.17) is 17.3 Å². The molecule has 21 heavy (non-hydrogen) atoms. The molecule has 0 bridgehead atoms. The molecule has 0 amide bonds. The number of fused-ring (bicyclic) bond motifs is 1. The Labute approximate surface area is 124 Å². The zero-order valence-corrected chi connectivity index (χ0v) is 12.5. The second-order valence-electron chi connectivity index (χ2n) is 5.62. The smallest absolute Gasteiger partial charge is 0.419 e. The van der Waals surface area contributed by atoms with Crippen molar-refractivity contribution in [2.24, 2.45) is 0 Å². The van der Waals surface area contributed by atoms with Crippen LogP contribution in [-0.2, 0) is 9.47 Å². The lowest BCUT2D eigenvalue weighted by atomic mass is 9.91. The van der Waals surface area contributed by atoms with Gasteiger partial charge in [0, 0.05) is 6.20 Å². The first-order chi connectivity index (χ1) is 9.74. The Morgan fingerprint density at radius 3 is 2.43 bits per heavy atom. The zero-order valence-electron chi connectivity index (χ0n) is 12.5. The van der Waals surface area contributed by atoms with Crippen LogP contribution in [0.15, 0.2) is 24.4 Å². The van der Waals surface area contributed by atoms with E-state index in [9.17, 15) is 9.59 Å². The standard InChI is InChI=1S/C15H16BNO4/c1-15(2,3)21-14(19)17-8-7-9-11(16)6-5-10(12(9)17)13(18)20-4/h5-8H,1-4H3. The van der Waals surface area contributed by atoms with Gasteiger partial charge in [-0.3, -0.25) is 4.57 Å². The average Bonchev–Trinajstić information content (AvgIpc) is 2.82. The van der Waals surface area contributed by atoms with Crippen LogP contribution in [0, 0.1) is 0 Å². The number of esters is 1. The topological polar surface area (TPSA) is 57.5 Å². The van der Waals surface area contributed by atoms with Gasteiger partial charge in [-0.05, 0) is 38.3 Å². The molecule has 2 aromatic rings. The lowest BCUT2D eigenvalue weighted by molar-refractivity contribution is 0.0544. The third-order valence-electron chi connectivity index (χ3n) is 2.88. The number of carbonyl (C=O) groups excluding carboxylic acids is 2. The van der Waals surface area contributed by atoms with Gasteiger partial charge in [-0.1, -0.05) is 11.5 Å². The van der Waals surface area contributed by atoms with E-state index in [0.29, 0.717) is 16.4 Å². The maximum atomic E-state index is 12.3. The summed E-state index contributed by atoms with van der Waals surface area (Å²) in [5, 5.41) is 0.601. The van der Waals surface area contributed by atoms with Crippen LogP contribution in [-0.4, -0.2) is 37.2 Å². The molecular weight excluding hydrogens is 269 g/mol. The van der Waals surface area contributed by atoms with Crippen LogP contribution < -0.4 is 5.46 Å². The normalized spacial score (nSPS) is 11.4. The van der Waals surface area contributed by atoms with E-state index < -0.39 is 17.7 Å². The van der Waals surface area contributed by atoms with Gasteiger partial charge in [-0.15, -0.1) is 0 Å². The minimum Gasteiger partial charge on any atom is -0.465 e. The molecule has 0 saturated carbocycles. The van der Waals surface area contributed by atoms with Crippen LogP contribution in [0.2, 0.25) is 0 Å². The lowest BCUT2D eigenvalue weighted by Gasteiger charge is -2.20. The van der Waals surface area contributed by atoms with E-state index in [0.717, 1.165) is 0 Å². The SMILES string of the molecule is [B]c1ccc(C(=O)OC)c2c1ccn2C(=O)OC(C)(C)C. The number of benzene rings is 1. The Balaban J connectivity index is 2.63. The summed E-state index contributed by atoms with van der Waals surface area (Å²) in [7, 11) is 7.17. The molecule has 1 aromatic heterocycles. The molecule has 2 rings (SSSR count). The first kappa shape index (κ1) is 15.2. The summed E-state index contributed by atoms with van der Waals surface area (Å²) in [5.74, 6) is -0.538. The molecule has 1 aromatic carbocycles. The van der Waals surface area contributed by atoms with Crippen molar-refractivity contribution in [3.63, 3.8) is 0 Å². The highest BCUT2D eigenvalue weighted by Crippen LogP contribution is 2.21. The molecule has 0 atom stereocenters. The Morgan fingerprint density at radius 2 is 1.86 bits per heavy atom. The number of methoxy groups -OCH3 is 1. The number of hydrogen-bond acceptors (Lipinski definition) is 4. The summed E-state index contributed by atoms with van der Waals surface area (Å²) < 4.78 is 11.3. The van der Waals surface area contributed by atoms with Gasteiger partial charge in [0.15, 0.2) is 0 Å². The fraction of sp³-hybridized carbons (Fsp3) is 0.333. The monoisotopic (exact) mass is 285 g/mol. The first-order valence-electron chi connectivity index (χ1n) is 6.46. The number of ether oxygens (including phenoxy) is 2. The third-order valence-corrected chi connectivity index (χ3v) is 2.88. The van der Waals surface area contributed by atoms with Crippen LogP contribution in [0.5, 0.6) is 0 Å². The minimum absolute atomic E-state index is 0.262. The summed E-state index contributed by atoms with van der Waals surface area (Å²) in [6, 6.07) is 4.80. The number of rotatable bonds is 1. The van der Waals surface area contributed by atoms with E-state index in [1.54, 1.807) is 32.9 Å². The molecule has 0 unspecified atom stereocenters. The molecule has 5 nitrogen and oxygen atoms in total. The minimum atomic E-state index is -0.639. The van der Waals surface area contributed by atoms with Gasteiger partial charge in [0.25, 0.3) is 0 Å². The Hall–Kier alpha value is -2.24. The van der Waals surface area contributed by atoms with Crippen LogP contribution in [0.1, 0.15) is 31.1 Å². The van der Waals surface area contributed by atoms with E-state index in [1.165, 1.54) is 23.9 Å². The fourth-order valence-electron chi connectivity index (χ4n) is 2.02. The van der Waals surface area contributed by atoms with Gasteiger partial charge in [-0.25, -0.2) is 9.59 Å². The molecular formula is C15H16BNO4. The molecule has 2 radical (unpaired) electrons. The highest BCUT2D eigenvalue weighted by Gasteiger charge is 2.22. The quantitative estimate of drug-likeness (QED) is 0.594. The highest BCUT2D eigenvalue weighted by molar-refractivity contribution is 6.39. The second-order valence-corrected chi connectivity index (χ2v) is 5.62. The molecule has 0 spiro atoms. The van der Waals surface area contributed by atoms with Crippen molar-refractivity contribution in [1.29, 1.82) is 0 Å². The van der Waals surface area contributed by atoms with Gasteiger partial charge in [0.05, 0.1) is 18.2 Å². The summed E-state index contributed by atoms with van der Waals surface area (Å²) in [4.78, 5) is 24.1. The van der Waals surface area contributed by atoms with Gasteiger partial charge < -0.3 is 9.47 Å². The summed E-state index contributed by atoms with van der Waals surface area (Å²) >= 11 is 0. The molecule has 0 N–H and O–H groups in total. The van der Waals surface area contributed by atoms with Gasteiger partial charge in [-0.2, -0.15) is 0 Å². The van der Waals surface area contributed by atoms with E-state index in [-0.39, 0.29) is 5.56 Å². The number of aromatic nitrogens is 1. The molecule has 0 aliphatic heterocycles. The Morgan fingerprint density at radius 1 is 1.19 bits per heavy atom. The number of carbonyl (C=O) groups is 2. The fourth-order valence-corrected chi connectivity index (χ4v) is 2.02. The molecule has 0 aliphatic rings. The maximum Gasteiger partial charge on any atom is 0.419 e. The van der Waals surface area contributed by atoms with Crippen molar-refractivity contribution in [2.75, 3.05) is 7.11 Å². The summed E-state index contributed by atoms with van der Waals surface area (Å²) in [6.45, 7) is 5.31. The van der Waals surface area contributed by atoms with Crippen molar-refractivity contribution in [1.82, 2.24) is 4.57 Å². The Bertz CT molecular complexity index is 712. The second kappa shape index (κ2) is 5.28. The summed E-state index contributed by atoms with van der Waals surface area (Å²) in [5.41, 5.74) is 0.480. The number of hydrogen-bond donors (Lipinski definition) is 0. The Kier molecular flexibility index (Phi) is 3.81. The van der Waals surface area contributed by atoms with Crippen molar-refractivity contribution in [3.05, 3.63) is 30.0 Å². The molecule has 0 saturated heterocycles. The predicted molar refractivity (Wildman–Crippen MR) is 80.3 cm³/mol. The zero-order chi connectivity index (χ0) is 15.8. The molecule has 0 fully saturated rings. The third kappa shape index (κ3) is 2.94. The average molecular weight is 285 g/mol. The van der Waals surface area contributed by atoms with Gasteiger partial charge in [0.1, 0.15) is 13.4 Å². The van der Waals surface area contributed by atoms with Gasteiger partial charge >= 0.3 is 12.1 Å². The van der Waals surface area contributed by atoms with Crippen molar-refractivity contribution in [2.45, 2.75) is 26.4 Å². The maximum absolute atomic E-state index is 12.3. The van der Waals surface area contributed by atoms with Crippen LogP contribution >= 0.6 is 0 Å². The molecule has 6 heteroatoms. The number of nitrogens with zero attached hydrogens (tertiary/aromatic N) is 1. The highest BCUT2D eigenvalue weighted by atomic mass is 16.6. The van der Waals surface area contributed by atoms with Crippen molar-refractivity contribution in [3.8, 4) is 0 Å². The van der Waals surface area contributed by atoms with E-state index >= 15 is 0 Å². The predicted octanol–water partition coefficient (Wildman–Crippen LogP) is 2.00. The van der Waals surface area contributed by atoms with Gasteiger partial charge in [0.2, 0.25) is 0 Å². The van der Waals surface area contributed by atoms with Crippen LogP contribution in [0.25, 0.3) is 10.9 Å².